The number of ether oxygens (including phenoxy) is 2. The standard InChI is InChI=1S/C36H28N2O6/c39-33(37-15-17-43-35(41)29-13-5-11-27-19-23-7-1-3-9-25(23)21-31(27)29)34(40)38-16-18-44-36(42)30-14-6-12-28-20-24-8-2-4-10-26(24)22-32(28)30/h1-14,19-22H,15-18H2,(H,37,39)(H,38,40). The van der Waals surface area contributed by atoms with Crippen molar-refractivity contribution in [2.45, 2.75) is 0 Å². The number of amides is 2. The van der Waals surface area contributed by atoms with E-state index in [1.807, 2.05) is 84.9 Å². The maximum absolute atomic E-state index is 12.8. The summed E-state index contributed by atoms with van der Waals surface area (Å²) in [5.41, 5.74) is 0.840. The van der Waals surface area contributed by atoms with E-state index in [1.54, 1.807) is 24.3 Å². The molecule has 44 heavy (non-hydrogen) atoms. The molecule has 218 valence electrons. The van der Waals surface area contributed by atoms with Crippen LogP contribution >= 0.6 is 0 Å². The number of fused-ring (bicyclic) bond motifs is 4. The lowest BCUT2D eigenvalue weighted by Crippen LogP contribution is -2.42. The SMILES string of the molecule is O=C(NCCOC(=O)c1cccc2cc3ccccc3cc12)C(=O)NCCOC(=O)c1cccc2cc3ccccc3cc12. The molecule has 0 aliphatic heterocycles. The van der Waals surface area contributed by atoms with Gasteiger partial charge in [-0.1, -0.05) is 72.8 Å². The third kappa shape index (κ3) is 6.05. The summed E-state index contributed by atoms with van der Waals surface area (Å²) in [7, 11) is 0. The van der Waals surface area contributed by atoms with Gasteiger partial charge >= 0.3 is 23.8 Å². The van der Waals surface area contributed by atoms with Crippen molar-refractivity contribution >= 4 is 66.8 Å². The van der Waals surface area contributed by atoms with Crippen LogP contribution in [-0.2, 0) is 19.1 Å². The van der Waals surface area contributed by atoms with Gasteiger partial charge in [-0.2, -0.15) is 0 Å². The van der Waals surface area contributed by atoms with Gasteiger partial charge in [-0.05, 0) is 79.5 Å². The van der Waals surface area contributed by atoms with Crippen molar-refractivity contribution in [1.29, 1.82) is 0 Å². The minimum absolute atomic E-state index is 0.0452. The van der Waals surface area contributed by atoms with Gasteiger partial charge in [0.25, 0.3) is 0 Å². The first-order chi connectivity index (χ1) is 21.5. The van der Waals surface area contributed by atoms with Gasteiger partial charge in [0.1, 0.15) is 13.2 Å². The topological polar surface area (TPSA) is 111 Å². The van der Waals surface area contributed by atoms with E-state index in [4.69, 9.17) is 9.47 Å². The summed E-state index contributed by atoms with van der Waals surface area (Å²) in [6.45, 7) is -0.313. The first kappa shape index (κ1) is 28.4. The number of carbonyl (C=O) groups excluding carboxylic acids is 4. The zero-order valence-corrected chi connectivity index (χ0v) is 23.7. The first-order valence-electron chi connectivity index (χ1n) is 14.2. The monoisotopic (exact) mass is 584 g/mol. The molecule has 2 amide bonds. The average molecular weight is 585 g/mol. The smallest absolute Gasteiger partial charge is 0.338 e. The molecule has 0 atom stereocenters. The molecule has 8 heteroatoms. The quantitative estimate of drug-likeness (QED) is 0.105. The van der Waals surface area contributed by atoms with Crippen molar-refractivity contribution in [3.63, 3.8) is 0 Å². The number of benzene rings is 6. The maximum Gasteiger partial charge on any atom is 0.338 e. The number of hydrogen-bond acceptors (Lipinski definition) is 6. The number of hydrogen-bond donors (Lipinski definition) is 2. The molecular weight excluding hydrogens is 556 g/mol. The highest BCUT2D eigenvalue weighted by Gasteiger charge is 2.16. The second-order valence-corrected chi connectivity index (χ2v) is 10.2. The Bertz CT molecular complexity index is 1920. The minimum atomic E-state index is -0.884. The predicted molar refractivity (Wildman–Crippen MR) is 169 cm³/mol. The minimum Gasteiger partial charge on any atom is -0.460 e. The average Bonchev–Trinajstić information content (AvgIpc) is 3.05. The number of rotatable bonds is 8. The molecule has 8 nitrogen and oxygen atoms in total. The molecule has 0 spiro atoms. The van der Waals surface area contributed by atoms with Crippen LogP contribution in [0.2, 0.25) is 0 Å². The molecule has 0 saturated heterocycles. The summed E-state index contributed by atoms with van der Waals surface area (Å²) in [5.74, 6) is -2.81. The molecule has 0 aliphatic rings. The van der Waals surface area contributed by atoms with Crippen LogP contribution in [0, 0.1) is 0 Å². The molecule has 0 heterocycles. The van der Waals surface area contributed by atoms with Gasteiger partial charge in [-0.25, -0.2) is 9.59 Å². The Morgan fingerprint density at radius 3 is 1.23 bits per heavy atom. The Morgan fingerprint density at radius 1 is 0.455 bits per heavy atom. The first-order valence-corrected chi connectivity index (χ1v) is 14.2. The molecule has 0 aliphatic carbocycles. The summed E-state index contributed by atoms with van der Waals surface area (Å²) in [6.07, 6.45) is 0. The van der Waals surface area contributed by atoms with Gasteiger partial charge in [-0.15, -0.1) is 0 Å². The highest BCUT2D eigenvalue weighted by Crippen LogP contribution is 2.27. The zero-order chi connectivity index (χ0) is 30.5. The molecule has 6 rings (SSSR count). The van der Waals surface area contributed by atoms with Crippen molar-refractivity contribution in [2.24, 2.45) is 0 Å². The Hall–Kier alpha value is -5.76. The van der Waals surface area contributed by atoms with Gasteiger partial charge in [0.2, 0.25) is 0 Å². The molecule has 0 fully saturated rings. The van der Waals surface area contributed by atoms with E-state index in [2.05, 4.69) is 10.6 Å². The van der Waals surface area contributed by atoms with Crippen LogP contribution in [0.25, 0.3) is 43.1 Å². The van der Waals surface area contributed by atoms with Crippen LogP contribution in [-0.4, -0.2) is 50.1 Å². The number of nitrogens with one attached hydrogen (secondary N) is 2. The molecular formula is C36H28N2O6. The largest absolute Gasteiger partial charge is 0.460 e. The van der Waals surface area contributed by atoms with Crippen molar-refractivity contribution in [3.8, 4) is 0 Å². The lowest BCUT2D eigenvalue weighted by Gasteiger charge is -2.10. The Morgan fingerprint density at radius 2 is 0.818 bits per heavy atom. The normalized spacial score (nSPS) is 11.0. The van der Waals surface area contributed by atoms with Crippen molar-refractivity contribution in [2.75, 3.05) is 26.3 Å². The van der Waals surface area contributed by atoms with E-state index >= 15 is 0 Å². The number of esters is 2. The Balaban J connectivity index is 0.952. The fraction of sp³-hybridized carbons (Fsp3) is 0.111. The third-order valence-corrected chi connectivity index (χ3v) is 7.38. The molecule has 0 radical (unpaired) electrons. The second-order valence-electron chi connectivity index (χ2n) is 10.2. The summed E-state index contributed by atoms with van der Waals surface area (Å²) in [6, 6.07) is 34.6. The van der Waals surface area contributed by atoms with Gasteiger partial charge in [-0.3, -0.25) is 9.59 Å². The molecule has 0 aromatic heterocycles. The molecule has 0 bridgehead atoms. The van der Waals surface area contributed by atoms with Crippen LogP contribution in [0.1, 0.15) is 20.7 Å². The third-order valence-electron chi connectivity index (χ3n) is 7.38. The highest BCUT2D eigenvalue weighted by atomic mass is 16.5. The van der Waals surface area contributed by atoms with Gasteiger partial charge in [0, 0.05) is 0 Å². The summed E-state index contributed by atoms with van der Waals surface area (Å²) < 4.78 is 10.7. The van der Waals surface area contributed by atoms with Crippen molar-refractivity contribution < 1.29 is 28.7 Å². The molecule has 6 aromatic rings. The summed E-state index contributed by atoms with van der Waals surface area (Å²) in [5, 5.41) is 12.4. The molecule has 2 N–H and O–H groups in total. The maximum atomic E-state index is 12.8. The van der Waals surface area contributed by atoms with Crippen LogP contribution in [0.5, 0.6) is 0 Å². The summed E-state index contributed by atoms with van der Waals surface area (Å²) >= 11 is 0. The Kier molecular flexibility index (Phi) is 8.14. The fourth-order valence-corrected chi connectivity index (χ4v) is 5.22. The van der Waals surface area contributed by atoms with Crippen LogP contribution in [0.15, 0.2) is 109 Å². The van der Waals surface area contributed by atoms with Crippen LogP contribution in [0.3, 0.4) is 0 Å². The van der Waals surface area contributed by atoms with E-state index in [1.165, 1.54) is 0 Å². The predicted octanol–water partition coefficient (Wildman–Crippen LogP) is 5.55. The number of carbonyl (C=O) groups is 4. The molecule has 6 aromatic carbocycles. The van der Waals surface area contributed by atoms with Gasteiger partial charge < -0.3 is 20.1 Å². The lowest BCUT2D eigenvalue weighted by molar-refractivity contribution is -0.139. The molecule has 0 saturated carbocycles. The van der Waals surface area contributed by atoms with Gasteiger partial charge in [0.15, 0.2) is 0 Å². The van der Waals surface area contributed by atoms with E-state index < -0.39 is 23.8 Å². The van der Waals surface area contributed by atoms with E-state index in [-0.39, 0.29) is 26.3 Å². The summed E-state index contributed by atoms with van der Waals surface area (Å²) in [4.78, 5) is 49.9. The van der Waals surface area contributed by atoms with E-state index in [0.717, 1.165) is 43.1 Å². The fourth-order valence-electron chi connectivity index (χ4n) is 5.22. The Labute approximate surface area is 252 Å². The van der Waals surface area contributed by atoms with E-state index in [0.29, 0.717) is 11.1 Å². The molecule has 0 unspecified atom stereocenters. The van der Waals surface area contributed by atoms with Crippen LogP contribution in [0.4, 0.5) is 0 Å². The van der Waals surface area contributed by atoms with E-state index in [9.17, 15) is 19.2 Å². The lowest BCUT2D eigenvalue weighted by atomic mass is 10.00. The van der Waals surface area contributed by atoms with Crippen molar-refractivity contribution in [3.05, 3.63) is 120 Å². The van der Waals surface area contributed by atoms with Crippen molar-refractivity contribution in [1.82, 2.24) is 10.6 Å². The second kappa shape index (κ2) is 12.6. The zero-order valence-electron chi connectivity index (χ0n) is 23.7. The highest BCUT2D eigenvalue weighted by molar-refractivity contribution is 6.35. The van der Waals surface area contributed by atoms with Crippen LogP contribution < -0.4 is 10.6 Å². The van der Waals surface area contributed by atoms with Gasteiger partial charge in [0.05, 0.1) is 24.2 Å².